The van der Waals surface area contributed by atoms with Crippen LogP contribution in [0.1, 0.15) is 63.6 Å². The Morgan fingerprint density at radius 1 is 1.18 bits per heavy atom. The van der Waals surface area contributed by atoms with Crippen LogP contribution in [-0.2, 0) is 15.0 Å². The van der Waals surface area contributed by atoms with Crippen molar-refractivity contribution in [2.75, 3.05) is 24.3 Å². The van der Waals surface area contributed by atoms with Crippen molar-refractivity contribution in [1.82, 2.24) is 15.1 Å². The van der Waals surface area contributed by atoms with Crippen molar-refractivity contribution >= 4 is 29.4 Å². The molecular weight excluding hydrogens is 515 g/mol. The molecule has 9 heteroatoms. The highest BCUT2D eigenvalue weighted by atomic mass is 32.2. The van der Waals surface area contributed by atoms with Crippen LogP contribution < -0.4 is 15.0 Å². The lowest BCUT2D eigenvalue weighted by Gasteiger charge is -2.25. The van der Waals surface area contributed by atoms with E-state index in [1.54, 1.807) is 17.9 Å². The van der Waals surface area contributed by atoms with E-state index in [-0.39, 0.29) is 47.1 Å². The lowest BCUT2D eigenvalue weighted by Crippen LogP contribution is -2.46. The molecule has 0 aliphatic carbocycles. The first-order valence-electron chi connectivity index (χ1n) is 13.1. The molecule has 1 aliphatic rings. The summed E-state index contributed by atoms with van der Waals surface area (Å²) in [6.45, 7) is 12.1. The van der Waals surface area contributed by atoms with E-state index in [1.807, 2.05) is 51.1 Å². The van der Waals surface area contributed by atoms with Crippen LogP contribution in [0.25, 0.3) is 5.69 Å². The maximum absolute atomic E-state index is 14.4. The number of thioether (sulfide) groups is 1. The van der Waals surface area contributed by atoms with Crippen LogP contribution in [0.4, 0.5) is 10.2 Å². The number of nitrogens with one attached hydrogen (secondary N) is 1. The molecule has 0 fully saturated rings. The molecule has 4 rings (SSSR count). The highest BCUT2D eigenvalue weighted by Gasteiger charge is 2.40. The number of hydrogen-bond acceptors (Lipinski definition) is 5. The predicted octanol–water partition coefficient (Wildman–Crippen LogP) is 5.65. The van der Waals surface area contributed by atoms with Gasteiger partial charge in [-0.15, -0.1) is 11.8 Å². The zero-order chi connectivity index (χ0) is 28.5. The van der Waals surface area contributed by atoms with E-state index in [0.717, 1.165) is 22.5 Å². The monoisotopic (exact) mass is 552 g/mol. The second-order valence-corrected chi connectivity index (χ2v) is 12.4. The summed E-state index contributed by atoms with van der Waals surface area (Å²) in [5.74, 6) is 0.804. The minimum Gasteiger partial charge on any atom is -0.497 e. The first-order valence-corrected chi connectivity index (χ1v) is 14.2. The molecule has 208 valence electrons. The first kappa shape index (κ1) is 28.7. The van der Waals surface area contributed by atoms with Gasteiger partial charge >= 0.3 is 0 Å². The Morgan fingerprint density at radius 2 is 1.87 bits per heavy atom. The fourth-order valence-electron chi connectivity index (χ4n) is 4.52. The van der Waals surface area contributed by atoms with Gasteiger partial charge in [-0.1, -0.05) is 46.8 Å². The summed E-state index contributed by atoms with van der Waals surface area (Å²) in [7, 11) is 1.60. The Kier molecular flexibility index (Phi) is 8.39. The summed E-state index contributed by atoms with van der Waals surface area (Å²) < 4.78 is 21.5. The molecule has 2 heterocycles. The molecular formula is C30H37FN4O3S. The fourth-order valence-corrected chi connectivity index (χ4v) is 5.71. The third-order valence-electron chi connectivity index (χ3n) is 6.96. The normalized spacial score (nSPS) is 16.6. The summed E-state index contributed by atoms with van der Waals surface area (Å²) >= 11 is 1.43. The number of anilines is 1. The van der Waals surface area contributed by atoms with Crippen molar-refractivity contribution in [1.29, 1.82) is 0 Å². The van der Waals surface area contributed by atoms with E-state index < -0.39 is 5.41 Å². The van der Waals surface area contributed by atoms with Gasteiger partial charge in [0, 0.05) is 17.0 Å². The van der Waals surface area contributed by atoms with Crippen LogP contribution in [-0.4, -0.2) is 47.0 Å². The van der Waals surface area contributed by atoms with E-state index >= 15 is 0 Å². The highest BCUT2D eigenvalue weighted by molar-refractivity contribution is 8.00. The molecule has 7 nitrogen and oxygen atoms in total. The smallest absolute Gasteiger partial charge is 0.240 e. The number of amides is 2. The third-order valence-corrected chi connectivity index (χ3v) is 8.21. The number of rotatable bonds is 7. The van der Waals surface area contributed by atoms with Crippen LogP contribution in [0.5, 0.6) is 5.75 Å². The molecule has 0 radical (unpaired) electrons. The summed E-state index contributed by atoms with van der Waals surface area (Å²) in [6, 6.07) is 13.8. The van der Waals surface area contributed by atoms with Gasteiger partial charge in [0.05, 0.1) is 29.5 Å². The molecule has 2 unspecified atom stereocenters. The zero-order valence-corrected chi connectivity index (χ0v) is 24.4. The highest BCUT2D eigenvalue weighted by Crippen LogP contribution is 2.48. The van der Waals surface area contributed by atoms with E-state index in [2.05, 4.69) is 26.1 Å². The summed E-state index contributed by atoms with van der Waals surface area (Å²) in [5, 5.41) is 7.72. The zero-order valence-electron chi connectivity index (χ0n) is 23.6. The van der Waals surface area contributed by atoms with E-state index in [4.69, 9.17) is 9.84 Å². The fraction of sp³-hybridized carbons (Fsp3) is 0.433. The molecule has 1 N–H and O–H groups in total. The summed E-state index contributed by atoms with van der Waals surface area (Å²) in [6.07, 6.45) is 0. The molecule has 2 atom stereocenters. The predicted molar refractivity (Wildman–Crippen MR) is 154 cm³/mol. The largest absolute Gasteiger partial charge is 0.497 e. The van der Waals surface area contributed by atoms with Crippen molar-refractivity contribution in [2.45, 2.75) is 58.2 Å². The molecule has 1 aromatic heterocycles. The van der Waals surface area contributed by atoms with Crippen LogP contribution in [0, 0.1) is 11.7 Å². The number of carbonyl (C=O) groups excluding carboxylic acids is 2. The van der Waals surface area contributed by atoms with Gasteiger partial charge in [-0.05, 0) is 54.8 Å². The van der Waals surface area contributed by atoms with Gasteiger partial charge in [0.1, 0.15) is 23.9 Å². The van der Waals surface area contributed by atoms with Crippen LogP contribution >= 0.6 is 11.8 Å². The molecule has 0 bridgehead atoms. The standard InChI is InChI=1S/C30H37FN4O3S/c1-18(2)19(3)32-24(36)16-34-25(37)17-39-27(20-9-8-10-21(31)15-20)26-28(30(4,5)6)33-35(29(26)34)22-11-13-23(38-7)14-12-22/h8-15,18-19,27H,16-17H2,1-7H3,(H,32,36). The quantitative estimate of drug-likeness (QED) is 0.410. The van der Waals surface area contributed by atoms with Crippen LogP contribution in [0.3, 0.4) is 0 Å². The number of fused-ring (bicyclic) bond motifs is 1. The summed E-state index contributed by atoms with van der Waals surface area (Å²) in [4.78, 5) is 28.5. The van der Waals surface area contributed by atoms with Gasteiger partial charge in [0.2, 0.25) is 11.8 Å². The van der Waals surface area contributed by atoms with Gasteiger partial charge < -0.3 is 10.1 Å². The van der Waals surface area contributed by atoms with E-state index in [9.17, 15) is 14.0 Å². The van der Waals surface area contributed by atoms with Gasteiger partial charge in [-0.25, -0.2) is 9.07 Å². The average Bonchev–Trinajstić information content (AvgIpc) is 3.22. The Morgan fingerprint density at radius 3 is 2.46 bits per heavy atom. The van der Waals surface area contributed by atoms with Crippen LogP contribution in [0.2, 0.25) is 0 Å². The van der Waals surface area contributed by atoms with E-state index in [1.165, 1.54) is 28.8 Å². The third kappa shape index (κ3) is 6.13. The molecule has 0 saturated heterocycles. The number of benzene rings is 2. The Labute approximate surface area is 234 Å². The maximum Gasteiger partial charge on any atom is 0.240 e. The number of carbonyl (C=O) groups is 2. The molecule has 0 saturated carbocycles. The van der Waals surface area contributed by atoms with Crippen molar-refractivity contribution < 1.29 is 18.7 Å². The van der Waals surface area contributed by atoms with Crippen molar-refractivity contribution in [3.05, 3.63) is 71.2 Å². The van der Waals surface area contributed by atoms with Gasteiger partial charge in [0.25, 0.3) is 0 Å². The number of hydrogen-bond donors (Lipinski definition) is 1. The van der Waals surface area contributed by atoms with Gasteiger partial charge in [0.15, 0.2) is 0 Å². The second-order valence-electron chi connectivity index (χ2n) is 11.3. The minimum absolute atomic E-state index is 0.0508. The number of nitrogens with zero attached hydrogens (tertiary/aromatic N) is 3. The van der Waals surface area contributed by atoms with Crippen LogP contribution in [0.15, 0.2) is 48.5 Å². The van der Waals surface area contributed by atoms with Gasteiger partial charge in [-0.3, -0.25) is 14.5 Å². The first-order chi connectivity index (χ1) is 18.4. The Bertz CT molecular complexity index is 1350. The molecule has 2 aromatic carbocycles. The summed E-state index contributed by atoms with van der Waals surface area (Å²) in [5.41, 5.74) is 2.66. The van der Waals surface area contributed by atoms with Crippen molar-refractivity contribution in [3.63, 3.8) is 0 Å². The van der Waals surface area contributed by atoms with Crippen molar-refractivity contribution in [3.8, 4) is 11.4 Å². The number of ether oxygens (including phenoxy) is 1. The number of halogens is 1. The Balaban J connectivity index is 1.96. The topological polar surface area (TPSA) is 76.5 Å². The average molecular weight is 553 g/mol. The maximum atomic E-state index is 14.4. The Hall–Kier alpha value is -3.33. The van der Waals surface area contributed by atoms with Gasteiger partial charge in [-0.2, -0.15) is 5.10 Å². The number of methoxy groups -OCH3 is 1. The molecule has 3 aromatic rings. The SMILES string of the molecule is COc1ccc(-n2nc(C(C)(C)C)c3c2N(CC(=O)NC(C)C(C)C)C(=O)CSC3c2cccc(F)c2)cc1. The van der Waals surface area contributed by atoms with E-state index in [0.29, 0.717) is 11.6 Å². The minimum atomic E-state index is -0.401. The lowest BCUT2D eigenvalue weighted by molar-refractivity contribution is -0.123. The molecule has 1 aliphatic heterocycles. The molecule has 39 heavy (non-hydrogen) atoms. The van der Waals surface area contributed by atoms with Crippen molar-refractivity contribution in [2.24, 2.45) is 5.92 Å². The lowest BCUT2D eigenvalue weighted by atomic mass is 9.87. The number of aromatic nitrogens is 2. The molecule has 2 amide bonds. The second kappa shape index (κ2) is 11.4. The molecule has 0 spiro atoms.